The number of anilines is 2. The molecule has 0 saturated carbocycles. The highest BCUT2D eigenvalue weighted by Gasteiger charge is 2.34. The van der Waals surface area contributed by atoms with Crippen molar-refractivity contribution in [2.24, 2.45) is 0 Å². The van der Waals surface area contributed by atoms with Crippen molar-refractivity contribution >= 4 is 17.5 Å². The van der Waals surface area contributed by atoms with Gasteiger partial charge in [0.15, 0.2) is 5.82 Å². The van der Waals surface area contributed by atoms with Gasteiger partial charge in [-0.25, -0.2) is 4.68 Å². The topological polar surface area (TPSA) is 101 Å². The van der Waals surface area contributed by atoms with Crippen molar-refractivity contribution in [3.05, 3.63) is 77.3 Å². The number of amides is 1. The fraction of sp³-hybridized carbons (Fsp3) is 0.261. The van der Waals surface area contributed by atoms with Crippen LogP contribution < -0.4 is 15.4 Å². The summed E-state index contributed by atoms with van der Waals surface area (Å²) in [6.07, 6.45) is 1.13. The average Bonchev–Trinajstić information content (AvgIpc) is 3.19. The van der Waals surface area contributed by atoms with Gasteiger partial charge < -0.3 is 20.5 Å². The van der Waals surface area contributed by atoms with Crippen LogP contribution in [0.25, 0.3) is 0 Å². The molecule has 4 rings (SSSR count). The number of aryl methyl sites for hydroxylation is 1. The Kier molecular flexibility index (Phi) is 5.99. The first-order chi connectivity index (χ1) is 15.1. The minimum absolute atomic E-state index is 0.0727. The van der Waals surface area contributed by atoms with Gasteiger partial charge in [0.25, 0.3) is 5.91 Å². The number of para-hydroxylation sites is 2. The zero-order valence-corrected chi connectivity index (χ0v) is 17.5. The molecule has 2 aromatic carbocycles. The number of hydrogen-bond donors (Lipinski definition) is 3. The Balaban J connectivity index is 1.74. The van der Waals surface area contributed by atoms with E-state index in [9.17, 15) is 4.79 Å². The number of carbonyl (C=O) groups is 1. The molecule has 2 heterocycles. The summed E-state index contributed by atoms with van der Waals surface area (Å²) in [4.78, 5) is 18.0. The predicted molar refractivity (Wildman–Crippen MR) is 118 cm³/mol. The fourth-order valence-electron chi connectivity index (χ4n) is 3.71. The van der Waals surface area contributed by atoms with Gasteiger partial charge in [-0.15, -0.1) is 0 Å². The van der Waals surface area contributed by atoms with Gasteiger partial charge in [-0.1, -0.05) is 42.5 Å². The second-order valence-corrected chi connectivity index (χ2v) is 7.25. The monoisotopic (exact) mass is 419 g/mol. The highest BCUT2D eigenvalue weighted by Crippen LogP contribution is 2.36. The lowest BCUT2D eigenvalue weighted by molar-refractivity contribution is -0.113. The Labute approximate surface area is 180 Å². The van der Waals surface area contributed by atoms with Crippen molar-refractivity contribution in [2.45, 2.75) is 25.8 Å². The van der Waals surface area contributed by atoms with Crippen LogP contribution in [0.15, 0.2) is 65.9 Å². The summed E-state index contributed by atoms with van der Waals surface area (Å²) in [6.45, 7) is 1.93. The van der Waals surface area contributed by atoms with Crippen LogP contribution >= 0.6 is 0 Å². The lowest BCUT2D eigenvalue weighted by atomic mass is 9.95. The Bertz CT molecular complexity index is 1110. The maximum atomic E-state index is 13.5. The fourth-order valence-corrected chi connectivity index (χ4v) is 3.71. The number of fused-ring (bicyclic) bond motifs is 1. The zero-order chi connectivity index (χ0) is 21.8. The van der Waals surface area contributed by atoms with Crippen LogP contribution in [0.4, 0.5) is 11.6 Å². The third-order valence-electron chi connectivity index (χ3n) is 5.17. The first-order valence-corrected chi connectivity index (χ1v) is 10.2. The van der Waals surface area contributed by atoms with Crippen LogP contribution in [-0.4, -0.2) is 39.5 Å². The van der Waals surface area contributed by atoms with E-state index in [0.29, 0.717) is 47.3 Å². The van der Waals surface area contributed by atoms with Crippen molar-refractivity contribution in [1.82, 2.24) is 14.8 Å². The molecular weight excluding hydrogens is 394 g/mol. The van der Waals surface area contributed by atoms with Gasteiger partial charge >= 0.3 is 0 Å². The smallest absolute Gasteiger partial charge is 0.255 e. The molecule has 0 fully saturated rings. The number of carbonyl (C=O) groups excluding carboxylic acids is 1. The van der Waals surface area contributed by atoms with Gasteiger partial charge in [0.05, 0.1) is 18.4 Å². The number of aliphatic hydroxyl groups excluding tert-OH is 1. The van der Waals surface area contributed by atoms with Gasteiger partial charge in [0.1, 0.15) is 11.8 Å². The molecule has 0 bridgehead atoms. The molecule has 31 heavy (non-hydrogen) atoms. The summed E-state index contributed by atoms with van der Waals surface area (Å²) < 4.78 is 7.12. The number of benzene rings is 2. The summed E-state index contributed by atoms with van der Waals surface area (Å²) in [6, 6.07) is 16.6. The molecule has 0 radical (unpaired) electrons. The van der Waals surface area contributed by atoms with Gasteiger partial charge in [-0.2, -0.15) is 10.1 Å². The molecule has 1 aromatic heterocycles. The van der Waals surface area contributed by atoms with Crippen molar-refractivity contribution in [3.8, 4) is 5.75 Å². The average molecular weight is 419 g/mol. The van der Waals surface area contributed by atoms with Crippen LogP contribution in [0.5, 0.6) is 5.75 Å². The van der Waals surface area contributed by atoms with Gasteiger partial charge in [0.2, 0.25) is 5.95 Å². The first kappa shape index (κ1) is 20.6. The number of ether oxygens (including phenoxy) is 1. The van der Waals surface area contributed by atoms with E-state index in [4.69, 9.17) is 9.84 Å². The van der Waals surface area contributed by atoms with Crippen LogP contribution in [0.1, 0.15) is 30.8 Å². The summed E-state index contributed by atoms with van der Waals surface area (Å²) >= 11 is 0. The second-order valence-electron chi connectivity index (χ2n) is 7.25. The van der Waals surface area contributed by atoms with E-state index in [1.54, 1.807) is 23.9 Å². The summed E-state index contributed by atoms with van der Waals surface area (Å²) in [7, 11) is 1.57. The largest absolute Gasteiger partial charge is 0.495 e. The lowest BCUT2D eigenvalue weighted by Crippen LogP contribution is -2.31. The number of nitrogens with one attached hydrogen (secondary N) is 2. The Hall–Kier alpha value is -3.65. The molecule has 1 amide bonds. The Morgan fingerprint density at radius 3 is 2.68 bits per heavy atom. The van der Waals surface area contributed by atoms with E-state index in [1.165, 1.54) is 0 Å². The zero-order valence-electron chi connectivity index (χ0n) is 17.5. The quantitative estimate of drug-likeness (QED) is 0.544. The Morgan fingerprint density at radius 2 is 1.94 bits per heavy atom. The van der Waals surface area contributed by atoms with E-state index >= 15 is 0 Å². The van der Waals surface area contributed by atoms with Crippen LogP contribution in [0.2, 0.25) is 0 Å². The summed E-state index contributed by atoms with van der Waals surface area (Å²) in [5.74, 6) is 1.54. The summed E-state index contributed by atoms with van der Waals surface area (Å²) in [5.41, 5.74) is 2.77. The first-order valence-electron chi connectivity index (χ1n) is 10.2. The highest BCUT2D eigenvalue weighted by atomic mass is 16.5. The van der Waals surface area contributed by atoms with Gasteiger partial charge in [-0.05, 0) is 31.0 Å². The van der Waals surface area contributed by atoms with Gasteiger partial charge in [0, 0.05) is 18.7 Å². The lowest BCUT2D eigenvalue weighted by Gasteiger charge is -2.28. The molecule has 3 aromatic rings. The number of nitrogens with zero attached hydrogens (tertiary/aromatic N) is 3. The number of hydrogen-bond acceptors (Lipinski definition) is 6. The standard InChI is InChI=1S/C23H25N5O3/c1-15-20(22(30)25-17-11-6-7-12-18(17)31-2)21(16-9-4-3-5-10-16)28-23(24-15)26-19(27-28)13-8-14-29/h3-7,9-12,21,29H,8,13-14H2,1-2H3,(H,25,30)(H,24,26,27)/t21-/m1/s1. The van der Waals surface area contributed by atoms with Crippen molar-refractivity contribution < 1.29 is 14.6 Å². The van der Waals surface area contributed by atoms with E-state index in [0.717, 1.165) is 5.56 Å². The number of methoxy groups -OCH3 is 1. The molecule has 1 atom stereocenters. The Morgan fingerprint density at radius 1 is 1.19 bits per heavy atom. The molecule has 8 nitrogen and oxygen atoms in total. The molecule has 3 N–H and O–H groups in total. The maximum Gasteiger partial charge on any atom is 0.255 e. The third-order valence-corrected chi connectivity index (χ3v) is 5.17. The summed E-state index contributed by atoms with van der Waals surface area (Å²) in [5, 5.41) is 20.0. The van der Waals surface area contributed by atoms with Crippen molar-refractivity contribution in [1.29, 1.82) is 0 Å². The van der Waals surface area contributed by atoms with Crippen LogP contribution in [0.3, 0.4) is 0 Å². The van der Waals surface area contributed by atoms with E-state index in [1.807, 2.05) is 49.4 Å². The number of aromatic nitrogens is 3. The van der Waals surface area contributed by atoms with Crippen LogP contribution in [0, 0.1) is 0 Å². The molecular formula is C23H25N5O3. The van der Waals surface area contributed by atoms with Gasteiger partial charge in [-0.3, -0.25) is 4.79 Å². The molecule has 1 aliphatic rings. The number of allylic oxidation sites excluding steroid dienone is 1. The predicted octanol–water partition coefficient (Wildman–Crippen LogP) is 3.14. The molecule has 1 aliphatic heterocycles. The SMILES string of the molecule is COc1ccccc1NC(=O)C1=C(C)Nc2nc(CCCO)nn2[C@@H]1c1ccccc1. The molecule has 0 aliphatic carbocycles. The normalized spacial score (nSPS) is 15.3. The number of rotatable bonds is 7. The highest BCUT2D eigenvalue weighted by molar-refractivity contribution is 6.06. The van der Waals surface area contributed by atoms with Crippen molar-refractivity contribution in [2.75, 3.05) is 24.4 Å². The second kappa shape index (κ2) is 9.01. The van der Waals surface area contributed by atoms with E-state index in [-0.39, 0.29) is 12.5 Å². The molecule has 8 heteroatoms. The van der Waals surface area contributed by atoms with E-state index in [2.05, 4.69) is 20.7 Å². The third kappa shape index (κ3) is 4.15. The van der Waals surface area contributed by atoms with E-state index < -0.39 is 6.04 Å². The maximum absolute atomic E-state index is 13.5. The minimum atomic E-state index is -0.442. The van der Waals surface area contributed by atoms with Crippen LogP contribution in [-0.2, 0) is 11.2 Å². The molecule has 0 spiro atoms. The van der Waals surface area contributed by atoms with Crippen molar-refractivity contribution in [3.63, 3.8) is 0 Å². The minimum Gasteiger partial charge on any atom is -0.495 e. The molecule has 160 valence electrons. The number of aliphatic hydroxyl groups is 1. The molecule has 0 saturated heterocycles. The molecule has 0 unspecified atom stereocenters.